The molecule has 1 aromatic carbocycles. The first-order chi connectivity index (χ1) is 7.80. The van der Waals surface area contributed by atoms with Gasteiger partial charge in [-0.15, -0.1) is 0 Å². The molecule has 0 saturated heterocycles. The number of methoxy groups -OCH3 is 2. The average Bonchev–Trinajstić information content (AvgIpc) is 2.35. The summed E-state index contributed by atoms with van der Waals surface area (Å²) in [4.78, 5) is 0. The number of aliphatic hydroxyl groups is 1. The molecule has 0 aliphatic carbocycles. The van der Waals surface area contributed by atoms with E-state index in [9.17, 15) is 5.11 Å². The van der Waals surface area contributed by atoms with E-state index in [4.69, 9.17) is 9.47 Å². The van der Waals surface area contributed by atoms with Gasteiger partial charge in [0.15, 0.2) is 0 Å². The Labute approximate surface area is 97.0 Å². The third kappa shape index (κ3) is 4.21. The van der Waals surface area contributed by atoms with Gasteiger partial charge in [-0.1, -0.05) is 12.1 Å². The van der Waals surface area contributed by atoms with Gasteiger partial charge in [-0.25, -0.2) is 0 Å². The molecule has 3 heteroatoms. The highest BCUT2D eigenvalue weighted by Crippen LogP contribution is 2.16. The van der Waals surface area contributed by atoms with Crippen LogP contribution in [-0.2, 0) is 11.2 Å². The molecule has 0 saturated carbocycles. The monoisotopic (exact) mass is 224 g/mol. The molecule has 0 aromatic heterocycles. The molecule has 16 heavy (non-hydrogen) atoms. The number of hydrogen-bond acceptors (Lipinski definition) is 3. The Kier molecular flexibility index (Phi) is 5.90. The van der Waals surface area contributed by atoms with Gasteiger partial charge in [-0.2, -0.15) is 0 Å². The summed E-state index contributed by atoms with van der Waals surface area (Å²) >= 11 is 0. The molecular weight excluding hydrogens is 204 g/mol. The molecular formula is C13H20O3. The Morgan fingerprint density at radius 1 is 1.19 bits per heavy atom. The quantitative estimate of drug-likeness (QED) is 0.768. The topological polar surface area (TPSA) is 38.7 Å². The second kappa shape index (κ2) is 7.25. The highest BCUT2D eigenvalue weighted by Gasteiger charge is 2.08. The third-order valence-corrected chi connectivity index (χ3v) is 2.67. The average molecular weight is 224 g/mol. The van der Waals surface area contributed by atoms with Crippen molar-refractivity contribution in [1.82, 2.24) is 0 Å². The molecule has 1 aromatic rings. The molecule has 0 radical (unpaired) electrons. The Bertz CT molecular complexity index is 282. The van der Waals surface area contributed by atoms with E-state index >= 15 is 0 Å². The smallest absolute Gasteiger partial charge is 0.118 e. The van der Waals surface area contributed by atoms with Gasteiger partial charge in [0.1, 0.15) is 5.75 Å². The molecule has 3 nitrogen and oxygen atoms in total. The zero-order valence-electron chi connectivity index (χ0n) is 9.98. The molecule has 1 rings (SSSR count). The van der Waals surface area contributed by atoms with Gasteiger partial charge >= 0.3 is 0 Å². The molecule has 0 spiro atoms. The van der Waals surface area contributed by atoms with Crippen LogP contribution in [0, 0.1) is 5.92 Å². The van der Waals surface area contributed by atoms with Gasteiger partial charge in [-0.05, 0) is 36.5 Å². The summed E-state index contributed by atoms with van der Waals surface area (Å²) in [5.41, 5.74) is 1.22. The van der Waals surface area contributed by atoms with Gasteiger partial charge in [-0.3, -0.25) is 0 Å². The first kappa shape index (κ1) is 13.0. The van der Waals surface area contributed by atoms with Crippen LogP contribution in [0.2, 0.25) is 0 Å². The van der Waals surface area contributed by atoms with Gasteiger partial charge < -0.3 is 14.6 Å². The Morgan fingerprint density at radius 2 is 1.88 bits per heavy atom. The highest BCUT2D eigenvalue weighted by atomic mass is 16.5. The molecule has 1 atom stereocenters. The summed E-state index contributed by atoms with van der Waals surface area (Å²) in [5.74, 6) is 1.13. The van der Waals surface area contributed by atoms with Crippen molar-refractivity contribution >= 4 is 0 Å². The Morgan fingerprint density at radius 3 is 2.38 bits per heavy atom. The first-order valence-corrected chi connectivity index (χ1v) is 5.53. The number of benzene rings is 1. The van der Waals surface area contributed by atoms with Crippen LogP contribution in [0.1, 0.15) is 12.0 Å². The summed E-state index contributed by atoms with van der Waals surface area (Å²) in [6.07, 6.45) is 1.77. The second-order valence-electron chi connectivity index (χ2n) is 3.88. The van der Waals surface area contributed by atoms with Crippen LogP contribution in [0.15, 0.2) is 24.3 Å². The summed E-state index contributed by atoms with van der Waals surface area (Å²) in [7, 11) is 3.34. The zero-order chi connectivity index (χ0) is 11.8. The minimum Gasteiger partial charge on any atom is -0.497 e. The first-order valence-electron chi connectivity index (χ1n) is 5.53. The lowest BCUT2D eigenvalue weighted by Gasteiger charge is -2.13. The molecule has 1 unspecified atom stereocenters. The van der Waals surface area contributed by atoms with Crippen LogP contribution in [0.4, 0.5) is 0 Å². The van der Waals surface area contributed by atoms with Crippen molar-refractivity contribution in [2.75, 3.05) is 27.4 Å². The van der Waals surface area contributed by atoms with Crippen molar-refractivity contribution in [3.63, 3.8) is 0 Å². The van der Waals surface area contributed by atoms with Gasteiger partial charge in [0.05, 0.1) is 7.11 Å². The van der Waals surface area contributed by atoms with Crippen molar-refractivity contribution in [2.24, 2.45) is 5.92 Å². The van der Waals surface area contributed by atoms with Gasteiger partial charge in [0.25, 0.3) is 0 Å². The van der Waals surface area contributed by atoms with Crippen LogP contribution in [0.3, 0.4) is 0 Å². The summed E-state index contributed by atoms with van der Waals surface area (Å²) in [6.45, 7) is 0.900. The fraction of sp³-hybridized carbons (Fsp3) is 0.538. The lowest BCUT2D eigenvalue weighted by molar-refractivity contribution is 0.147. The number of hydrogen-bond donors (Lipinski definition) is 1. The van der Waals surface area contributed by atoms with E-state index in [1.165, 1.54) is 5.56 Å². The normalized spacial score (nSPS) is 12.4. The molecule has 0 aliphatic rings. The second-order valence-corrected chi connectivity index (χ2v) is 3.88. The minimum atomic E-state index is 0.204. The van der Waals surface area contributed by atoms with Crippen molar-refractivity contribution < 1.29 is 14.6 Å². The van der Waals surface area contributed by atoms with Crippen LogP contribution < -0.4 is 4.74 Å². The summed E-state index contributed by atoms with van der Waals surface area (Å²) in [5, 5.41) is 9.23. The van der Waals surface area contributed by atoms with Crippen LogP contribution >= 0.6 is 0 Å². The lowest BCUT2D eigenvalue weighted by Crippen LogP contribution is -2.12. The van der Waals surface area contributed by atoms with E-state index in [0.717, 1.165) is 18.6 Å². The van der Waals surface area contributed by atoms with Crippen molar-refractivity contribution in [3.8, 4) is 5.75 Å². The maximum Gasteiger partial charge on any atom is 0.118 e. The molecule has 0 amide bonds. The van der Waals surface area contributed by atoms with Crippen LogP contribution in [0.25, 0.3) is 0 Å². The standard InChI is InChI=1S/C13H20O3/c1-15-8-7-12(10-14)9-11-3-5-13(16-2)6-4-11/h3-6,12,14H,7-10H2,1-2H3. The van der Waals surface area contributed by atoms with Crippen molar-refractivity contribution in [2.45, 2.75) is 12.8 Å². The molecule has 0 bridgehead atoms. The summed E-state index contributed by atoms with van der Waals surface area (Å²) < 4.78 is 10.1. The van der Waals surface area contributed by atoms with Crippen molar-refractivity contribution in [3.05, 3.63) is 29.8 Å². The third-order valence-electron chi connectivity index (χ3n) is 2.67. The van der Waals surface area contributed by atoms with E-state index in [1.807, 2.05) is 24.3 Å². The fourth-order valence-electron chi connectivity index (χ4n) is 1.64. The van der Waals surface area contributed by atoms with Crippen LogP contribution in [0.5, 0.6) is 5.75 Å². The maximum absolute atomic E-state index is 9.23. The van der Waals surface area contributed by atoms with E-state index in [1.54, 1.807) is 14.2 Å². The minimum absolute atomic E-state index is 0.204. The molecule has 1 N–H and O–H groups in total. The van der Waals surface area contributed by atoms with E-state index in [0.29, 0.717) is 6.61 Å². The molecule has 0 heterocycles. The SMILES string of the molecule is COCCC(CO)Cc1ccc(OC)cc1. The van der Waals surface area contributed by atoms with E-state index in [2.05, 4.69) is 0 Å². The molecule has 90 valence electrons. The number of ether oxygens (including phenoxy) is 2. The molecule has 0 fully saturated rings. The number of aliphatic hydroxyl groups excluding tert-OH is 1. The maximum atomic E-state index is 9.23. The largest absolute Gasteiger partial charge is 0.497 e. The summed E-state index contributed by atoms with van der Waals surface area (Å²) in [6, 6.07) is 7.96. The Balaban J connectivity index is 2.49. The van der Waals surface area contributed by atoms with Crippen molar-refractivity contribution in [1.29, 1.82) is 0 Å². The predicted octanol–water partition coefficient (Wildman–Crippen LogP) is 1.88. The van der Waals surface area contributed by atoms with Crippen LogP contribution in [-0.4, -0.2) is 32.5 Å². The molecule has 0 aliphatic heterocycles. The predicted molar refractivity (Wildman–Crippen MR) is 63.8 cm³/mol. The van der Waals surface area contributed by atoms with E-state index in [-0.39, 0.29) is 12.5 Å². The fourth-order valence-corrected chi connectivity index (χ4v) is 1.64. The Hall–Kier alpha value is -1.06. The van der Waals surface area contributed by atoms with Gasteiger partial charge in [0.2, 0.25) is 0 Å². The number of rotatable bonds is 7. The highest BCUT2D eigenvalue weighted by molar-refractivity contribution is 5.27. The van der Waals surface area contributed by atoms with Gasteiger partial charge in [0, 0.05) is 20.3 Å². The lowest BCUT2D eigenvalue weighted by atomic mass is 9.97. The zero-order valence-corrected chi connectivity index (χ0v) is 9.98. The van der Waals surface area contributed by atoms with E-state index < -0.39 is 0 Å².